The highest BCUT2D eigenvalue weighted by Crippen LogP contribution is 2.29. The summed E-state index contributed by atoms with van der Waals surface area (Å²) in [7, 11) is 0. The number of pyridine rings is 2. The van der Waals surface area contributed by atoms with E-state index in [1.54, 1.807) is 12.3 Å². The number of rotatable bonds is 2. The summed E-state index contributed by atoms with van der Waals surface area (Å²) in [4.78, 5) is 29.7. The number of benzene rings is 2. The summed E-state index contributed by atoms with van der Waals surface area (Å²) in [5.74, 6) is 0. The van der Waals surface area contributed by atoms with Gasteiger partial charge in [0.2, 0.25) is 0 Å². The molecule has 2 aromatic carbocycles. The van der Waals surface area contributed by atoms with E-state index in [2.05, 4.69) is 4.98 Å². The van der Waals surface area contributed by atoms with E-state index in [1.165, 1.54) is 16.8 Å². The molecule has 152 valence electrons. The molecule has 0 amide bonds. The highest BCUT2D eigenvalue weighted by molar-refractivity contribution is 6.29. The van der Waals surface area contributed by atoms with Crippen molar-refractivity contribution in [2.75, 3.05) is 0 Å². The van der Waals surface area contributed by atoms with Crippen LogP contribution in [-0.4, -0.2) is 21.2 Å². The Labute approximate surface area is 178 Å². The molecule has 0 atom stereocenters. The zero-order chi connectivity index (χ0) is 21.5. The summed E-state index contributed by atoms with van der Waals surface area (Å²) >= 11 is 5.90. The number of aromatic nitrogens is 2. The van der Waals surface area contributed by atoms with Crippen molar-refractivity contribution in [1.82, 2.24) is 9.55 Å². The van der Waals surface area contributed by atoms with E-state index in [4.69, 9.17) is 16.3 Å². The Bertz CT molecular complexity index is 1320. The fourth-order valence-corrected chi connectivity index (χ4v) is 3.64. The Morgan fingerprint density at radius 3 is 2.47 bits per heavy atom. The summed E-state index contributed by atoms with van der Waals surface area (Å²) in [6.07, 6.45) is 3.27. The Hall–Kier alpha value is -3.18. The van der Waals surface area contributed by atoms with Crippen LogP contribution in [0.1, 0.15) is 31.9 Å². The Morgan fingerprint density at radius 2 is 1.80 bits per heavy atom. The summed E-state index contributed by atoms with van der Waals surface area (Å²) < 4.78 is 6.97. The maximum Gasteiger partial charge on any atom is 0.419 e. The standard InChI is InChI=1S/C24H21ClN2O3/c1-24(2,3)30-23(29)27-11-10-20(28)19-13-16(12-15-8-9-21(25)26-14-15)17-6-4-5-7-18(17)22(19)27/h4-11,13-14H,12H2,1-3H3. The first kappa shape index (κ1) is 20.1. The van der Waals surface area contributed by atoms with Gasteiger partial charge < -0.3 is 4.74 Å². The lowest BCUT2D eigenvalue weighted by Gasteiger charge is -2.21. The molecule has 0 aliphatic heterocycles. The van der Waals surface area contributed by atoms with Gasteiger partial charge in [0.25, 0.3) is 0 Å². The van der Waals surface area contributed by atoms with Crippen LogP contribution in [0.15, 0.2) is 65.7 Å². The van der Waals surface area contributed by atoms with Crippen molar-refractivity contribution in [1.29, 1.82) is 0 Å². The molecular weight excluding hydrogens is 400 g/mol. The number of ether oxygens (including phenoxy) is 1. The van der Waals surface area contributed by atoms with Crippen LogP contribution in [0.25, 0.3) is 21.7 Å². The van der Waals surface area contributed by atoms with E-state index in [0.717, 1.165) is 21.9 Å². The molecule has 6 heteroatoms. The quantitative estimate of drug-likeness (QED) is 0.314. The first-order chi connectivity index (χ1) is 14.2. The highest BCUT2D eigenvalue weighted by Gasteiger charge is 2.21. The van der Waals surface area contributed by atoms with Gasteiger partial charge in [0.1, 0.15) is 10.8 Å². The van der Waals surface area contributed by atoms with Crippen molar-refractivity contribution in [3.8, 4) is 0 Å². The van der Waals surface area contributed by atoms with E-state index >= 15 is 0 Å². The molecule has 4 rings (SSSR count). The van der Waals surface area contributed by atoms with E-state index in [1.807, 2.05) is 57.2 Å². The van der Waals surface area contributed by atoms with Gasteiger partial charge in [-0.05, 0) is 55.8 Å². The van der Waals surface area contributed by atoms with Crippen LogP contribution in [0.3, 0.4) is 0 Å². The minimum atomic E-state index is -0.649. The van der Waals surface area contributed by atoms with Gasteiger partial charge in [-0.3, -0.25) is 9.36 Å². The van der Waals surface area contributed by atoms with Gasteiger partial charge in [0.15, 0.2) is 5.43 Å². The summed E-state index contributed by atoms with van der Waals surface area (Å²) in [5.41, 5.74) is 1.70. The first-order valence-electron chi connectivity index (χ1n) is 9.63. The molecule has 0 fully saturated rings. The topological polar surface area (TPSA) is 61.2 Å². The molecule has 0 unspecified atom stereocenters. The van der Waals surface area contributed by atoms with Crippen LogP contribution in [0.5, 0.6) is 0 Å². The summed E-state index contributed by atoms with van der Waals surface area (Å²) in [6.45, 7) is 5.43. The van der Waals surface area contributed by atoms with Gasteiger partial charge in [-0.1, -0.05) is 41.9 Å². The van der Waals surface area contributed by atoms with Gasteiger partial charge in [0.05, 0.1) is 5.52 Å². The van der Waals surface area contributed by atoms with Crippen LogP contribution in [0.4, 0.5) is 4.79 Å². The fraction of sp³-hybridized carbons (Fsp3) is 0.208. The second-order valence-electron chi connectivity index (χ2n) is 8.17. The Morgan fingerprint density at radius 1 is 1.07 bits per heavy atom. The van der Waals surface area contributed by atoms with Gasteiger partial charge in [-0.15, -0.1) is 0 Å². The molecular formula is C24H21ClN2O3. The minimum absolute atomic E-state index is 0.147. The lowest BCUT2D eigenvalue weighted by molar-refractivity contribution is 0.0543. The Balaban J connectivity index is 1.96. The van der Waals surface area contributed by atoms with Crippen LogP contribution in [-0.2, 0) is 11.2 Å². The Kier molecular flexibility index (Phi) is 5.08. The van der Waals surface area contributed by atoms with Crippen molar-refractivity contribution >= 4 is 39.4 Å². The van der Waals surface area contributed by atoms with Gasteiger partial charge >= 0.3 is 6.09 Å². The van der Waals surface area contributed by atoms with E-state index in [9.17, 15) is 9.59 Å². The van der Waals surface area contributed by atoms with Crippen molar-refractivity contribution in [2.45, 2.75) is 32.8 Å². The molecule has 0 N–H and O–H groups in total. The van der Waals surface area contributed by atoms with E-state index in [-0.39, 0.29) is 5.43 Å². The molecule has 0 bridgehead atoms. The van der Waals surface area contributed by atoms with Gasteiger partial charge in [0, 0.05) is 29.2 Å². The average molecular weight is 421 g/mol. The molecule has 0 aliphatic carbocycles. The molecule has 2 heterocycles. The van der Waals surface area contributed by atoms with Crippen molar-refractivity contribution in [2.24, 2.45) is 0 Å². The minimum Gasteiger partial charge on any atom is -0.443 e. The molecule has 5 nitrogen and oxygen atoms in total. The largest absolute Gasteiger partial charge is 0.443 e. The molecule has 4 aromatic rings. The van der Waals surface area contributed by atoms with Crippen molar-refractivity contribution in [3.05, 3.63) is 87.4 Å². The number of nitrogens with zero attached hydrogens (tertiary/aromatic N) is 2. The van der Waals surface area contributed by atoms with Crippen LogP contribution >= 0.6 is 11.6 Å². The third-order valence-electron chi connectivity index (χ3n) is 4.76. The molecule has 0 saturated heterocycles. The number of hydrogen-bond acceptors (Lipinski definition) is 4. The van der Waals surface area contributed by atoms with Gasteiger partial charge in [-0.2, -0.15) is 0 Å². The number of hydrogen-bond donors (Lipinski definition) is 0. The van der Waals surface area contributed by atoms with E-state index < -0.39 is 11.7 Å². The third kappa shape index (κ3) is 3.94. The maximum atomic E-state index is 12.9. The molecule has 0 radical (unpaired) electrons. The predicted octanol–water partition coefficient (Wildman–Crippen LogP) is 5.58. The number of carbonyl (C=O) groups is 1. The number of fused-ring (bicyclic) bond motifs is 3. The van der Waals surface area contributed by atoms with Crippen LogP contribution in [0, 0.1) is 0 Å². The van der Waals surface area contributed by atoms with Crippen molar-refractivity contribution < 1.29 is 9.53 Å². The molecule has 30 heavy (non-hydrogen) atoms. The highest BCUT2D eigenvalue weighted by atomic mass is 35.5. The zero-order valence-corrected chi connectivity index (χ0v) is 17.7. The lowest BCUT2D eigenvalue weighted by Crippen LogP contribution is -2.28. The summed E-state index contributed by atoms with van der Waals surface area (Å²) in [6, 6.07) is 14.7. The molecule has 2 aromatic heterocycles. The SMILES string of the molecule is CC(C)(C)OC(=O)n1ccc(=O)c2cc(Cc3ccc(Cl)nc3)c3ccccc3c21. The summed E-state index contributed by atoms with van der Waals surface area (Å²) in [5, 5.41) is 2.68. The second kappa shape index (κ2) is 7.58. The first-order valence-corrected chi connectivity index (χ1v) is 10.0. The predicted molar refractivity (Wildman–Crippen MR) is 119 cm³/mol. The van der Waals surface area contributed by atoms with Crippen LogP contribution in [0.2, 0.25) is 5.15 Å². The normalized spacial score (nSPS) is 11.7. The molecule has 0 spiro atoms. The smallest absolute Gasteiger partial charge is 0.419 e. The van der Waals surface area contributed by atoms with E-state index in [0.29, 0.717) is 22.5 Å². The third-order valence-corrected chi connectivity index (χ3v) is 4.98. The van der Waals surface area contributed by atoms with Gasteiger partial charge in [-0.25, -0.2) is 9.78 Å². The molecule has 0 saturated carbocycles. The zero-order valence-electron chi connectivity index (χ0n) is 17.0. The maximum absolute atomic E-state index is 12.9. The number of carbonyl (C=O) groups excluding carboxylic acids is 1. The van der Waals surface area contributed by atoms with Crippen molar-refractivity contribution in [3.63, 3.8) is 0 Å². The van der Waals surface area contributed by atoms with Crippen LogP contribution < -0.4 is 5.43 Å². The molecule has 0 aliphatic rings. The number of halogens is 1. The average Bonchev–Trinajstić information content (AvgIpc) is 2.69. The lowest BCUT2D eigenvalue weighted by atomic mass is 9.96. The second-order valence-corrected chi connectivity index (χ2v) is 8.56. The monoisotopic (exact) mass is 420 g/mol. The fourth-order valence-electron chi connectivity index (χ4n) is 3.53.